The first-order valence-corrected chi connectivity index (χ1v) is 8.21. The van der Waals surface area contributed by atoms with E-state index < -0.39 is 10.0 Å². The largest absolute Gasteiger partial charge is 0.393 e. The second kappa shape index (κ2) is 6.03. The fourth-order valence-corrected chi connectivity index (χ4v) is 3.87. The van der Waals surface area contributed by atoms with Crippen molar-refractivity contribution < 1.29 is 13.5 Å². The third-order valence-electron chi connectivity index (χ3n) is 3.76. The van der Waals surface area contributed by atoms with Crippen LogP contribution in [0.25, 0.3) is 0 Å². The number of hydrogen-bond acceptors (Lipinski definition) is 3. The highest BCUT2D eigenvalue weighted by atomic mass is 32.2. The van der Waals surface area contributed by atoms with Crippen LogP contribution >= 0.6 is 0 Å². The van der Waals surface area contributed by atoms with Crippen molar-refractivity contribution in [2.24, 2.45) is 5.92 Å². The number of rotatable bonds is 4. The molecule has 0 saturated heterocycles. The van der Waals surface area contributed by atoms with Crippen LogP contribution < -0.4 is 4.72 Å². The number of benzene rings is 1. The van der Waals surface area contributed by atoms with E-state index in [2.05, 4.69) is 4.72 Å². The van der Waals surface area contributed by atoms with Gasteiger partial charge >= 0.3 is 0 Å². The number of aliphatic hydroxyl groups excluding tert-OH is 1. The maximum absolute atomic E-state index is 12.2. The molecule has 4 nitrogen and oxygen atoms in total. The van der Waals surface area contributed by atoms with E-state index in [1.54, 1.807) is 25.1 Å². The van der Waals surface area contributed by atoms with Gasteiger partial charge in [-0.2, -0.15) is 0 Å². The number of aryl methyl sites for hydroxylation is 1. The van der Waals surface area contributed by atoms with Gasteiger partial charge in [-0.25, -0.2) is 13.1 Å². The van der Waals surface area contributed by atoms with Crippen LogP contribution in [-0.2, 0) is 10.0 Å². The Kier molecular flexibility index (Phi) is 4.60. The van der Waals surface area contributed by atoms with Gasteiger partial charge in [0.25, 0.3) is 0 Å². The zero-order valence-corrected chi connectivity index (χ0v) is 12.0. The van der Waals surface area contributed by atoms with Crippen LogP contribution in [0, 0.1) is 12.8 Å². The highest BCUT2D eigenvalue weighted by Crippen LogP contribution is 2.24. The van der Waals surface area contributed by atoms with Gasteiger partial charge < -0.3 is 5.11 Å². The van der Waals surface area contributed by atoms with E-state index in [1.807, 2.05) is 6.07 Å². The van der Waals surface area contributed by atoms with E-state index in [9.17, 15) is 13.5 Å². The van der Waals surface area contributed by atoms with Gasteiger partial charge in [0, 0.05) is 6.54 Å². The number of hydrogen-bond donors (Lipinski definition) is 2. The van der Waals surface area contributed by atoms with Crippen LogP contribution in [-0.4, -0.2) is 26.2 Å². The van der Waals surface area contributed by atoms with Crippen LogP contribution in [0.4, 0.5) is 0 Å². The number of nitrogens with one attached hydrogen (secondary N) is 1. The van der Waals surface area contributed by atoms with Gasteiger partial charge in [-0.15, -0.1) is 0 Å². The van der Waals surface area contributed by atoms with Gasteiger partial charge in [-0.1, -0.05) is 18.2 Å². The molecule has 106 valence electrons. The van der Waals surface area contributed by atoms with Gasteiger partial charge in [0.05, 0.1) is 11.0 Å². The van der Waals surface area contributed by atoms with Crippen molar-refractivity contribution >= 4 is 10.0 Å². The van der Waals surface area contributed by atoms with Crippen molar-refractivity contribution in [2.45, 2.75) is 43.6 Å². The Labute approximate surface area is 114 Å². The average Bonchev–Trinajstić information content (AvgIpc) is 2.38. The molecule has 1 aliphatic rings. The topological polar surface area (TPSA) is 66.4 Å². The maximum atomic E-state index is 12.2. The zero-order valence-electron chi connectivity index (χ0n) is 11.2. The van der Waals surface area contributed by atoms with Crippen molar-refractivity contribution in [2.75, 3.05) is 6.54 Å². The summed E-state index contributed by atoms with van der Waals surface area (Å²) in [7, 11) is -3.42. The molecule has 0 aromatic heterocycles. The van der Waals surface area contributed by atoms with Gasteiger partial charge in [-0.05, 0) is 50.2 Å². The molecule has 0 radical (unpaired) electrons. The lowest BCUT2D eigenvalue weighted by Gasteiger charge is -2.25. The molecule has 1 aromatic carbocycles. The summed E-state index contributed by atoms with van der Waals surface area (Å²) < 4.78 is 27.1. The lowest BCUT2D eigenvalue weighted by Crippen LogP contribution is -2.32. The van der Waals surface area contributed by atoms with E-state index >= 15 is 0 Å². The summed E-state index contributed by atoms with van der Waals surface area (Å²) in [5.74, 6) is 0.335. The molecular formula is C14H21NO3S. The molecule has 0 spiro atoms. The van der Waals surface area contributed by atoms with E-state index in [0.29, 0.717) is 17.4 Å². The van der Waals surface area contributed by atoms with Crippen molar-refractivity contribution in [3.8, 4) is 0 Å². The molecule has 5 heteroatoms. The summed E-state index contributed by atoms with van der Waals surface area (Å²) in [6, 6.07) is 6.99. The predicted molar refractivity (Wildman–Crippen MR) is 74.3 cm³/mol. The quantitative estimate of drug-likeness (QED) is 0.886. The Bertz CT molecular complexity index is 519. The Morgan fingerprint density at radius 2 is 1.84 bits per heavy atom. The van der Waals surface area contributed by atoms with Gasteiger partial charge in [0.15, 0.2) is 0 Å². The van der Waals surface area contributed by atoms with Crippen molar-refractivity contribution in [3.63, 3.8) is 0 Å². The van der Waals surface area contributed by atoms with E-state index in [0.717, 1.165) is 31.2 Å². The molecule has 2 N–H and O–H groups in total. The van der Waals surface area contributed by atoms with Crippen LogP contribution in [0.5, 0.6) is 0 Å². The number of aliphatic hydroxyl groups is 1. The summed E-state index contributed by atoms with van der Waals surface area (Å²) in [6.07, 6.45) is 3.12. The van der Waals surface area contributed by atoms with Crippen molar-refractivity contribution in [3.05, 3.63) is 29.8 Å². The standard InChI is InChI=1S/C14H21NO3S/c1-11-4-2-3-5-14(11)19(17,18)15-10-12-6-8-13(16)9-7-12/h2-5,12-13,15-16H,6-10H2,1H3. The SMILES string of the molecule is Cc1ccccc1S(=O)(=O)NCC1CCC(O)CC1. The Hall–Kier alpha value is -0.910. The minimum absolute atomic E-state index is 0.204. The molecule has 1 aliphatic carbocycles. The first kappa shape index (κ1) is 14.5. The van der Waals surface area contributed by atoms with Gasteiger partial charge in [0.1, 0.15) is 0 Å². The highest BCUT2D eigenvalue weighted by molar-refractivity contribution is 7.89. The van der Waals surface area contributed by atoms with E-state index in [4.69, 9.17) is 0 Å². The summed E-state index contributed by atoms with van der Waals surface area (Å²) in [4.78, 5) is 0.353. The van der Waals surface area contributed by atoms with Crippen molar-refractivity contribution in [1.82, 2.24) is 4.72 Å². The summed E-state index contributed by atoms with van der Waals surface area (Å²) in [5, 5.41) is 9.43. The fourth-order valence-electron chi connectivity index (χ4n) is 2.51. The maximum Gasteiger partial charge on any atom is 0.240 e. The zero-order chi connectivity index (χ0) is 13.9. The second-order valence-corrected chi connectivity index (χ2v) is 7.03. The third-order valence-corrected chi connectivity index (χ3v) is 5.35. The minimum atomic E-state index is -3.42. The molecule has 0 aliphatic heterocycles. The van der Waals surface area contributed by atoms with Gasteiger partial charge in [-0.3, -0.25) is 0 Å². The molecular weight excluding hydrogens is 262 g/mol. The Morgan fingerprint density at radius 3 is 2.47 bits per heavy atom. The van der Waals surface area contributed by atoms with Crippen LogP contribution in [0.1, 0.15) is 31.2 Å². The summed E-state index contributed by atoms with van der Waals surface area (Å²) in [5.41, 5.74) is 0.758. The first-order chi connectivity index (χ1) is 8.99. The molecule has 0 amide bonds. The molecule has 1 aromatic rings. The van der Waals surface area contributed by atoms with Crippen LogP contribution in [0.2, 0.25) is 0 Å². The predicted octanol–water partition coefficient (Wildman–Crippen LogP) is 1.82. The fraction of sp³-hybridized carbons (Fsp3) is 0.571. The smallest absolute Gasteiger partial charge is 0.240 e. The Morgan fingerprint density at radius 1 is 1.21 bits per heavy atom. The van der Waals surface area contributed by atoms with E-state index in [1.165, 1.54) is 0 Å². The van der Waals surface area contributed by atoms with Crippen LogP contribution in [0.3, 0.4) is 0 Å². The van der Waals surface area contributed by atoms with Crippen molar-refractivity contribution in [1.29, 1.82) is 0 Å². The lowest BCUT2D eigenvalue weighted by atomic mass is 9.88. The second-order valence-electron chi connectivity index (χ2n) is 5.29. The Balaban J connectivity index is 1.97. The molecule has 0 unspecified atom stereocenters. The minimum Gasteiger partial charge on any atom is -0.393 e. The normalized spacial score (nSPS) is 24.3. The van der Waals surface area contributed by atoms with Gasteiger partial charge in [0.2, 0.25) is 10.0 Å². The lowest BCUT2D eigenvalue weighted by molar-refractivity contribution is 0.109. The summed E-state index contributed by atoms with van der Waals surface area (Å²) in [6.45, 7) is 2.26. The van der Waals surface area contributed by atoms with Crippen LogP contribution in [0.15, 0.2) is 29.2 Å². The highest BCUT2D eigenvalue weighted by Gasteiger charge is 2.22. The molecule has 1 fully saturated rings. The molecule has 2 rings (SSSR count). The number of sulfonamides is 1. The molecule has 1 saturated carbocycles. The molecule has 19 heavy (non-hydrogen) atoms. The van der Waals surface area contributed by atoms with E-state index in [-0.39, 0.29) is 6.10 Å². The monoisotopic (exact) mass is 283 g/mol. The first-order valence-electron chi connectivity index (χ1n) is 6.72. The molecule has 0 bridgehead atoms. The summed E-state index contributed by atoms with van der Waals surface area (Å²) >= 11 is 0. The third kappa shape index (κ3) is 3.78. The average molecular weight is 283 g/mol. The molecule has 0 heterocycles. The molecule has 0 atom stereocenters.